The highest BCUT2D eigenvalue weighted by atomic mass is 32.1. The van der Waals surface area contributed by atoms with Gasteiger partial charge in [-0.1, -0.05) is 0 Å². The second kappa shape index (κ2) is 7.53. The molecule has 0 saturated carbocycles. The summed E-state index contributed by atoms with van der Waals surface area (Å²) in [5.41, 5.74) is 0.938. The summed E-state index contributed by atoms with van der Waals surface area (Å²) in [5, 5.41) is 0. The molecule has 0 aromatic carbocycles. The van der Waals surface area contributed by atoms with Crippen LogP contribution in [0.5, 0.6) is 0 Å². The van der Waals surface area contributed by atoms with Crippen LogP contribution in [0.3, 0.4) is 0 Å². The number of piperidine rings is 1. The molecule has 1 unspecified atom stereocenters. The summed E-state index contributed by atoms with van der Waals surface area (Å²) in [6, 6.07) is 2.28. The number of carbonyl (C=O) groups is 2. The number of ether oxygens (including phenoxy) is 2. The molecule has 0 radical (unpaired) electrons. The lowest BCUT2D eigenvalue weighted by atomic mass is 9.85. The third kappa shape index (κ3) is 3.41. The van der Waals surface area contributed by atoms with Gasteiger partial charge in [-0.3, -0.25) is 9.59 Å². The first kappa shape index (κ1) is 18.9. The van der Waals surface area contributed by atoms with E-state index in [0.717, 1.165) is 56.6 Å². The van der Waals surface area contributed by atoms with Gasteiger partial charge in [0.15, 0.2) is 0 Å². The molecule has 27 heavy (non-hydrogen) atoms. The third-order valence-corrected chi connectivity index (χ3v) is 7.55. The first-order valence-electron chi connectivity index (χ1n) is 9.86. The number of amides is 2. The molecule has 2 fully saturated rings. The Hall–Kier alpha value is -1.44. The predicted octanol–water partition coefficient (Wildman–Crippen LogP) is 2.41. The zero-order chi connectivity index (χ0) is 19.0. The van der Waals surface area contributed by atoms with Crippen LogP contribution in [0.4, 0.5) is 0 Å². The summed E-state index contributed by atoms with van der Waals surface area (Å²) >= 11 is 1.60. The zero-order valence-corrected chi connectivity index (χ0v) is 17.0. The van der Waals surface area contributed by atoms with Crippen LogP contribution in [0.15, 0.2) is 6.07 Å². The fraction of sp³-hybridized carbons (Fsp3) is 0.700. The quantitative estimate of drug-likeness (QED) is 0.793. The van der Waals surface area contributed by atoms with Gasteiger partial charge in [-0.05, 0) is 43.7 Å². The topological polar surface area (TPSA) is 59.1 Å². The van der Waals surface area contributed by atoms with Gasteiger partial charge in [-0.25, -0.2) is 0 Å². The van der Waals surface area contributed by atoms with Crippen LogP contribution in [-0.4, -0.2) is 67.6 Å². The van der Waals surface area contributed by atoms with Crippen molar-refractivity contribution in [3.63, 3.8) is 0 Å². The van der Waals surface area contributed by atoms with Crippen molar-refractivity contribution in [2.45, 2.75) is 50.7 Å². The Kier molecular flexibility index (Phi) is 5.27. The summed E-state index contributed by atoms with van der Waals surface area (Å²) in [5.74, 6) is 0.256. The van der Waals surface area contributed by atoms with E-state index < -0.39 is 0 Å². The van der Waals surface area contributed by atoms with Crippen molar-refractivity contribution in [2.24, 2.45) is 0 Å². The van der Waals surface area contributed by atoms with E-state index in [1.165, 1.54) is 10.4 Å². The molecule has 0 bridgehead atoms. The first-order valence-corrected chi connectivity index (χ1v) is 10.7. The van der Waals surface area contributed by atoms with Gasteiger partial charge in [-0.2, -0.15) is 0 Å². The minimum Gasteiger partial charge on any atom is -0.383 e. The first-order chi connectivity index (χ1) is 13.0. The summed E-state index contributed by atoms with van der Waals surface area (Å²) in [4.78, 5) is 30.7. The van der Waals surface area contributed by atoms with Crippen LogP contribution in [0.2, 0.25) is 0 Å². The Bertz CT molecular complexity index is 724. The smallest absolute Gasteiger partial charge is 0.264 e. The fourth-order valence-electron chi connectivity index (χ4n) is 4.69. The molecule has 2 amide bonds. The molecule has 2 saturated heterocycles. The lowest BCUT2D eigenvalue weighted by Gasteiger charge is -2.43. The Balaban J connectivity index is 1.56. The van der Waals surface area contributed by atoms with Crippen molar-refractivity contribution in [3.05, 3.63) is 21.4 Å². The molecule has 1 aromatic heterocycles. The van der Waals surface area contributed by atoms with E-state index in [1.807, 2.05) is 9.80 Å². The molecular formula is C20H28N2O4S. The van der Waals surface area contributed by atoms with Crippen LogP contribution in [0.25, 0.3) is 0 Å². The number of nitrogens with zero attached hydrogens (tertiary/aromatic N) is 2. The Morgan fingerprint density at radius 3 is 2.81 bits per heavy atom. The Morgan fingerprint density at radius 1 is 1.33 bits per heavy atom. The summed E-state index contributed by atoms with van der Waals surface area (Å²) in [6.07, 6.45) is 4.53. The van der Waals surface area contributed by atoms with E-state index >= 15 is 0 Å². The number of likely N-dealkylation sites (tertiary alicyclic amines) is 2. The van der Waals surface area contributed by atoms with Crippen molar-refractivity contribution in [1.29, 1.82) is 0 Å². The van der Waals surface area contributed by atoms with Gasteiger partial charge in [0.2, 0.25) is 5.91 Å². The van der Waals surface area contributed by atoms with Crippen LogP contribution < -0.4 is 0 Å². The molecule has 1 atom stereocenters. The minimum atomic E-state index is -0.320. The minimum absolute atomic E-state index is 0.126. The number of thiophene rings is 1. The number of hydrogen-bond donors (Lipinski definition) is 0. The van der Waals surface area contributed by atoms with Crippen molar-refractivity contribution >= 4 is 23.2 Å². The van der Waals surface area contributed by atoms with Gasteiger partial charge >= 0.3 is 0 Å². The van der Waals surface area contributed by atoms with Gasteiger partial charge in [0.05, 0.1) is 24.1 Å². The highest BCUT2D eigenvalue weighted by Gasteiger charge is 2.43. The number of hydrogen-bond acceptors (Lipinski definition) is 5. The number of fused-ring (bicyclic) bond motifs is 2. The standard InChI is InChI=1S/C20H28N2O4S/c1-14(23)21-9-6-20(7-10-21)18-15(5-11-26-20)12-17(27-18)19(24)22-8-3-4-16(22)13-25-2/h12,16H,3-11,13H2,1-2H3. The highest BCUT2D eigenvalue weighted by molar-refractivity contribution is 7.14. The van der Waals surface area contributed by atoms with E-state index in [9.17, 15) is 9.59 Å². The van der Waals surface area contributed by atoms with Gasteiger partial charge in [0, 0.05) is 38.5 Å². The van der Waals surface area contributed by atoms with E-state index in [1.54, 1.807) is 25.4 Å². The molecule has 0 aliphatic carbocycles. The summed E-state index contributed by atoms with van der Waals surface area (Å²) < 4.78 is 11.6. The Morgan fingerprint density at radius 2 is 2.11 bits per heavy atom. The van der Waals surface area contributed by atoms with Crippen LogP contribution in [0.1, 0.15) is 52.7 Å². The molecule has 148 valence electrons. The van der Waals surface area contributed by atoms with Crippen LogP contribution in [0, 0.1) is 0 Å². The fourth-order valence-corrected chi connectivity index (χ4v) is 6.06. The van der Waals surface area contributed by atoms with Crippen LogP contribution in [-0.2, 0) is 26.3 Å². The normalized spacial score (nSPS) is 24.3. The number of methoxy groups -OCH3 is 1. The summed E-state index contributed by atoms with van der Waals surface area (Å²) in [6.45, 7) is 5.17. The van der Waals surface area contributed by atoms with Crippen LogP contribution >= 0.6 is 11.3 Å². The molecule has 3 aliphatic heterocycles. The van der Waals surface area contributed by atoms with Gasteiger partial charge in [-0.15, -0.1) is 11.3 Å². The zero-order valence-electron chi connectivity index (χ0n) is 16.2. The van der Waals surface area contributed by atoms with Crippen molar-refractivity contribution in [1.82, 2.24) is 9.80 Å². The molecule has 4 heterocycles. The highest BCUT2D eigenvalue weighted by Crippen LogP contribution is 2.45. The number of rotatable bonds is 3. The SMILES string of the molecule is COCC1CCCN1C(=O)c1cc2c(s1)C1(CCN(C(C)=O)CC1)OCC2. The molecule has 0 N–H and O–H groups in total. The second-order valence-corrected chi connectivity index (χ2v) is 8.87. The lowest BCUT2D eigenvalue weighted by Crippen LogP contribution is -2.47. The molecule has 4 rings (SSSR count). The monoisotopic (exact) mass is 392 g/mol. The molecule has 7 heteroatoms. The van der Waals surface area contributed by atoms with Crippen molar-refractivity contribution in [3.8, 4) is 0 Å². The van der Waals surface area contributed by atoms with E-state index in [4.69, 9.17) is 9.47 Å². The molecular weight excluding hydrogens is 364 g/mol. The Labute approximate surface area is 164 Å². The second-order valence-electron chi connectivity index (χ2n) is 7.81. The molecule has 3 aliphatic rings. The third-order valence-electron chi connectivity index (χ3n) is 6.20. The molecule has 6 nitrogen and oxygen atoms in total. The summed E-state index contributed by atoms with van der Waals surface area (Å²) in [7, 11) is 1.69. The van der Waals surface area contributed by atoms with Gasteiger partial charge < -0.3 is 19.3 Å². The van der Waals surface area contributed by atoms with E-state index in [-0.39, 0.29) is 23.5 Å². The predicted molar refractivity (Wildman–Crippen MR) is 103 cm³/mol. The largest absolute Gasteiger partial charge is 0.383 e. The maximum atomic E-state index is 13.1. The van der Waals surface area contributed by atoms with Gasteiger partial charge in [0.25, 0.3) is 5.91 Å². The number of carbonyl (C=O) groups excluding carboxylic acids is 2. The van der Waals surface area contributed by atoms with E-state index in [2.05, 4.69) is 6.07 Å². The van der Waals surface area contributed by atoms with E-state index in [0.29, 0.717) is 13.2 Å². The maximum absolute atomic E-state index is 13.1. The molecule has 1 spiro atoms. The maximum Gasteiger partial charge on any atom is 0.264 e. The molecule has 1 aromatic rings. The van der Waals surface area contributed by atoms with Crippen molar-refractivity contribution in [2.75, 3.05) is 40.0 Å². The van der Waals surface area contributed by atoms with Crippen molar-refractivity contribution < 1.29 is 19.1 Å². The lowest BCUT2D eigenvalue weighted by molar-refractivity contribution is -0.138. The van der Waals surface area contributed by atoms with Gasteiger partial charge in [0.1, 0.15) is 5.60 Å². The average molecular weight is 393 g/mol. The average Bonchev–Trinajstić information content (AvgIpc) is 3.30.